The summed E-state index contributed by atoms with van der Waals surface area (Å²) in [5.41, 5.74) is 7.35. The van der Waals surface area contributed by atoms with E-state index in [9.17, 15) is 5.11 Å². The summed E-state index contributed by atoms with van der Waals surface area (Å²) < 4.78 is 0. The summed E-state index contributed by atoms with van der Waals surface area (Å²) in [6, 6.07) is 19.2. The van der Waals surface area contributed by atoms with E-state index in [0.717, 1.165) is 11.1 Å². The molecular formula is C17H19NO. The first-order valence-corrected chi connectivity index (χ1v) is 6.37. The standard InChI is InChI=1S/C17H19NO/c1-2-13-17(18,15-11-7-4-8-12-15)16(19)14-9-5-3-6-10-14/h2-12,16,19H,1,13,18H2. The molecule has 19 heavy (non-hydrogen) atoms. The second kappa shape index (κ2) is 5.83. The highest BCUT2D eigenvalue weighted by Crippen LogP contribution is 2.35. The number of hydrogen-bond acceptors (Lipinski definition) is 2. The smallest absolute Gasteiger partial charge is 0.101 e. The van der Waals surface area contributed by atoms with Gasteiger partial charge in [-0.2, -0.15) is 0 Å². The van der Waals surface area contributed by atoms with Crippen molar-refractivity contribution in [3.63, 3.8) is 0 Å². The van der Waals surface area contributed by atoms with Crippen LogP contribution in [0.25, 0.3) is 0 Å². The van der Waals surface area contributed by atoms with Crippen LogP contribution in [-0.2, 0) is 5.54 Å². The first-order chi connectivity index (χ1) is 9.18. The molecule has 0 amide bonds. The summed E-state index contributed by atoms with van der Waals surface area (Å²) in [5.74, 6) is 0. The van der Waals surface area contributed by atoms with E-state index in [-0.39, 0.29) is 0 Å². The van der Waals surface area contributed by atoms with E-state index in [1.807, 2.05) is 60.7 Å². The first kappa shape index (κ1) is 13.5. The monoisotopic (exact) mass is 253 g/mol. The van der Waals surface area contributed by atoms with Gasteiger partial charge in [0.1, 0.15) is 6.10 Å². The number of rotatable bonds is 5. The third kappa shape index (κ3) is 2.75. The maximum atomic E-state index is 10.7. The second-order valence-electron chi connectivity index (χ2n) is 4.71. The lowest BCUT2D eigenvalue weighted by atomic mass is 9.79. The summed E-state index contributed by atoms with van der Waals surface area (Å²) >= 11 is 0. The average Bonchev–Trinajstić information content (AvgIpc) is 2.48. The Labute approximate surface area is 114 Å². The fourth-order valence-corrected chi connectivity index (χ4v) is 2.31. The molecule has 2 aromatic rings. The molecule has 0 saturated carbocycles. The van der Waals surface area contributed by atoms with Crippen LogP contribution in [-0.4, -0.2) is 5.11 Å². The number of aliphatic hydroxyl groups is 1. The van der Waals surface area contributed by atoms with Crippen LogP contribution in [0, 0.1) is 0 Å². The predicted molar refractivity (Wildman–Crippen MR) is 78.5 cm³/mol. The Morgan fingerprint density at radius 1 is 1.05 bits per heavy atom. The van der Waals surface area contributed by atoms with E-state index in [1.165, 1.54) is 0 Å². The van der Waals surface area contributed by atoms with E-state index < -0.39 is 11.6 Å². The largest absolute Gasteiger partial charge is 0.386 e. The Hall–Kier alpha value is -1.90. The molecule has 0 bridgehead atoms. The van der Waals surface area contributed by atoms with Gasteiger partial charge in [-0.05, 0) is 17.5 Å². The van der Waals surface area contributed by atoms with E-state index in [0.29, 0.717) is 6.42 Å². The van der Waals surface area contributed by atoms with Crippen molar-refractivity contribution in [2.75, 3.05) is 0 Å². The van der Waals surface area contributed by atoms with Gasteiger partial charge in [-0.15, -0.1) is 6.58 Å². The van der Waals surface area contributed by atoms with Crippen LogP contribution in [0.5, 0.6) is 0 Å². The van der Waals surface area contributed by atoms with E-state index in [1.54, 1.807) is 6.08 Å². The van der Waals surface area contributed by atoms with E-state index in [4.69, 9.17) is 5.73 Å². The van der Waals surface area contributed by atoms with Crippen molar-refractivity contribution >= 4 is 0 Å². The third-order valence-corrected chi connectivity index (χ3v) is 3.40. The Kier molecular flexibility index (Phi) is 4.15. The lowest BCUT2D eigenvalue weighted by molar-refractivity contribution is 0.0836. The minimum atomic E-state index is -0.857. The molecule has 0 fully saturated rings. The Morgan fingerprint density at radius 3 is 2.11 bits per heavy atom. The van der Waals surface area contributed by atoms with Crippen LogP contribution < -0.4 is 5.73 Å². The van der Waals surface area contributed by atoms with Gasteiger partial charge in [0.15, 0.2) is 0 Å². The number of aliphatic hydroxyl groups excluding tert-OH is 1. The summed E-state index contributed by atoms with van der Waals surface area (Å²) in [4.78, 5) is 0. The van der Waals surface area contributed by atoms with Gasteiger partial charge < -0.3 is 10.8 Å². The third-order valence-electron chi connectivity index (χ3n) is 3.40. The number of benzene rings is 2. The number of hydrogen-bond donors (Lipinski definition) is 2. The Morgan fingerprint density at radius 2 is 1.58 bits per heavy atom. The van der Waals surface area contributed by atoms with E-state index in [2.05, 4.69) is 6.58 Å². The molecule has 3 N–H and O–H groups in total. The molecule has 0 aliphatic rings. The molecule has 0 aliphatic heterocycles. The van der Waals surface area contributed by atoms with Crippen molar-refractivity contribution in [1.29, 1.82) is 0 Å². The van der Waals surface area contributed by atoms with Gasteiger partial charge in [-0.25, -0.2) is 0 Å². The maximum Gasteiger partial charge on any atom is 0.101 e. The number of nitrogens with two attached hydrogens (primary N) is 1. The summed E-state index contributed by atoms with van der Waals surface area (Å²) in [6.45, 7) is 3.76. The van der Waals surface area contributed by atoms with E-state index >= 15 is 0 Å². The van der Waals surface area contributed by atoms with Crippen LogP contribution in [0.2, 0.25) is 0 Å². The highest BCUT2D eigenvalue weighted by molar-refractivity contribution is 5.31. The van der Waals surface area contributed by atoms with Gasteiger partial charge in [-0.3, -0.25) is 0 Å². The van der Waals surface area contributed by atoms with Crippen LogP contribution in [0.1, 0.15) is 23.7 Å². The molecule has 2 heteroatoms. The normalized spacial score (nSPS) is 15.5. The fraction of sp³-hybridized carbons (Fsp3) is 0.176. The van der Waals surface area contributed by atoms with Crippen LogP contribution in [0.3, 0.4) is 0 Å². The molecule has 2 nitrogen and oxygen atoms in total. The van der Waals surface area contributed by atoms with Crippen molar-refractivity contribution in [2.24, 2.45) is 5.73 Å². The predicted octanol–water partition coefficient (Wildman–Crippen LogP) is 3.15. The molecule has 0 aliphatic carbocycles. The molecule has 2 rings (SSSR count). The molecule has 2 aromatic carbocycles. The lowest BCUT2D eigenvalue weighted by Crippen LogP contribution is -2.42. The zero-order valence-electron chi connectivity index (χ0n) is 10.9. The fourth-order valence-electron chi connectivity index (χ4n) is 2.31. The SMILES string of the molecule is C=CCC(N)(c1ccccc1)C(O)c1ccccc1. The molecule has 0 saturated heterocycles. The van der Waals surface area contributed by atoms with Gasteiger partial charge >= 0.3 is 0 Å². The molecule has 0 heterocycles. The zero-order valence-corrected chi connectivity index (χ0v) is 10.9. The molecule has 98 valence electrons. The molecule has 0 radical (unpaired) electrons. The highest BCUT2D eigenvalue weighted by Gasteiger charge is 2.35. The molecule has 0 aromatic heterocycles. The summed E-state index contributed by atoms with van der Waals surface area (Å²) in [6.07, 6.45) is 1.49. The van der Waals surface area contributed by atoms with Gasteiger partial charge in [-0.1, -0.05) is 66.7 Å². The van der Waals surface area contributed by atoms with Gasteiger partial charge in [0.2, 0.25) is 0 Å². The Balaban J connectivity index is 2.42. The topological polar surface area (TPSA) is 46.2 Å². The van der Waals surface area contributed by atoms with Gasteiger partial charge in [0.25, 0.3) is 0 Å². The quantitative estimate of drug-likeness (QED) is 0.804. The van der Waals surface area contributed by atoms with Gasteiger partial charge in [0.05, 0.1) is 5.54 Å². The molecule has 2 unspecified atom stereocenters. The minimum Gasteiger partial charge on any atom is -0.386 e. The van der Waals surface area contributed by atoms with Crippen molar-refractivity contribution in [3.8, 4) is 0 Å². The van der Waals surface area contributed by atoms with Crippen LogP contribution in [0.4, 0.5) is 0 Å². The minimum absolute atomic E-state index is 0.507. The average molecular weight is 253 g/mol. The highest BCUT2D eigenvalue weighted by atomic mass is 16.3. The molecular weight excluding hydrogens is 234 g/mol. The van der Waals surface area contributed by atoms with Crippen molar-refractivity contribution in [2.45, 2.75) is 18.1 Å². The van der Waals surface area contributed by atoms with Crippen molar-refractivity contribution in [3.05, 3.63) is 84.4 Å². The van der Waals surface area contributed by atoms with Crippen LogP contribution in [0.15, 0.2) is 73.3 Å². The maximum absolute atomic E-state index is 10.7. The summed E-state index contributed by atoms with van der Waals surface area (Å²) in [7, 11) is 0. The van der Waals surface area contributed by atoms with Crippen molar-refractivity contribution in [1.82, 2.24) is 0 Å². The zero-order chi connectivity index (χ0) is 13.7. The van der Waals surface area contributed by atoms with Crippen LogP contribution >= 0.6 is 0 Å². The molecule has 2 atom stereocenters. The lowest BCUT2D eigenvalue weighted by Gasteiger charge is -2.34. The Bertz CT molecular complexity index is 523. The first-order valence-electron chi connectivity index (χ1n) is 6.37. The summed E-state index contributed by atoms with van der Waals surface area (Å²) in [5, 5.41) is 10.7. The van der Waals surface area contributed by atoms with Gasteiger partial charge in [0, 0.05) is 0 Å². The molecule has 0 spiro atoms. The van der Waals surface area contributed by atoms with Crippen molar-refractivity contribution < 1.29 is 5.11 Å². The second-order valence-corrected chi connectivity index (χ2v) is 4.71.